The molecular formula is C12H15NS. The summed E-state index contributed by atoms with van der Waals surface area (Å²) in [5.74, 6) is 0. The van der Waals surface area contributed by atoms with E-state index < -0.39 is 0 Å². The molecular weight excluding hydrogens is 190 g/mol. The van der Waals surface area contributed by atoms with Crippen LogP contribution in [0.3, 0.4) is 0 Å². The van der Waals surface area contributed by atoms with Crippen molar-refractivity contribution in [3.63, 3.8) is 0 Å². The van der Waals surface area contributed by atoms with E-state index in [4.69, 9.17) is 0 Å². The molecule has 2 heteroatoms. The van der Waals surface area contributed by atoms with Crippen LogP contribution < -0.4 is 5.32 Å². The number of benzene rings is 1. The molecule has 0 spiro atoms. The highest BCUT2D eigenvalue weighted by Gasteiger charge is 2.06. The Bertz CT molecular complexity index is 419. The summed E-state index contributed by atoms with van der Waals surface area (Å²) in [6.45, 7) is 2.21. The quantitative estimate of drug-likeness (QED) is 0.812. The highest BCUT2D eigenvalue weighted by atomic mass is 32.1. The van der Waals surface area contributed by atoms with Gasteiger partial charge in [0.25, 0.3) is 0 Å². The molecule has 1 N–H and O–H groups in total. The van der Waals surface area contributed by atoms with Crippen LogP contribution in [0.2, 0.25) is 0 Å². The third kappa shape index (κ3) is 1.81. The van der Waals surface area contributed by atoms with Crippen LogP contribution in [0.15, 0.2) is 29.6 Å². The van der Waals surface area contributed by atoms with Crippen molar-refractivity contribution in [3.05, 3.63) is 35.2 Å². The number of thiophene rings is 1. The van der Waals surface area contributed by atoms with Crippen LogP contribution in [0.25, 0.3) is 10.1 Å². The maximum Gasteiger partial charge on any atom is 0.0345 e. The first-order chi connectivity index (χ1) is 6.81. The van der Waals surface area contributed by atoms with Crippen LogP contribution in [-0.4, -0.2) is 13.1 Å². The van der Waals surface area contributed by atoms with Crippen LogP contribution in [0.5, 0.6) is 0 Å². The van der Waals surface area contributed by atoms with Crippen molar-refractivity contribution >= 4 is 21.4 Å². The molecule has 0 amide bonds. The molecule has 74 valence electrons. The molecule has 0 saturated heterocycles. The van der Waals surface area contributed by atoms with E-state index in [-0.39, 0.29) is 0 Å². The van der Waals surface area contributed by atoms with Gasteiger partial charge in [0.05, 0.1) is 0 Å². The Hall–Kier alpha value is -0.860. The fourth-order valence-electron chi connectivity index (χ4n) is 1.62. The fourth-order valence-corrected chi connectivity index (χ4v) is 2.60. The molecule has 1 heterocycles. The van der Waals surface area contributed by atoms with Gasteiger partial charge in [-0.15, -0.1) is 11.3 Å². The van der Waals surface area contributed by atoms with Crippen LogP contribution in [0.4, 0.5) is 0 Å². The second kappa shape index (κ2) is 4.11. The zero-order valence-corrected chi connectivity index (χ0v) is 9.40. The summed E-state index contributed by atoms with van der Waals surface area (Å²) < 4.78 is 1.39. The Kier molecular flexibility index (Phi) is 2.85. The normalized spacial score (nSPS) is 13.3. The fraction of sp³-hybridized carbons (Fsp3) is 0.333. The molecule has 0 radical (unpaired) electrons. The van der Waals surface area contributed by atoms with E-state index in [1.54, 1.807) is 0 Å². The predicted molar refractivity (Wildman–Crippen MR) is 64.1 cm³/mol. The summed E-state index contributed by atoms with van der Waals surface area (Å²) in [7, 11) is 2.01. The minimum absolute atomic E-state index is 0.549. The first-order valence-corrected chi connectivity index (χ1v) is 5.81. The van der Waals surface area contributed by atoms with Gasteiger partial charge in [0.2, 0.25) is 0 Å². The van der Waals surface area contributed by atoms with Crippen molar-refractivity contribution in [2.45, 2.75) is 19.4 Å². The van der Waals surface area contributed by atoms with Crippen molar-refractivity contribution in [3.8, 4) is 0 Å². The average molecular weight is 205 g/mol. The number of likely N-dealkylation sites (N-methyl/N-ethyl adjacent to an activating group) is 1. The maximum absolute atomic E-state index is 3.27. The topological polar surface area (TPSA) is 12.0 Å². The lowest BCUT2D eigenvalue weighted by atomic mass is 10.1. The number of rotatable bonds is 3. The molecule has 2 rings (SSSR count). The molecule has 0 aliphatic carbocycles. The van der Waals surface area contributed by atoms with Crippen LogP contribution in [0, 0.1) is 0 Å². The molecule has 0 saturated carbocycles. The minimum Gasteiger partial charge on any atom is -0.317 e. The molecule has 1 atom stereocenters. The third-order valence-corrected chi connectivity index (χ3v) is 3.59. The van der Waals surface area contributed by atoms with Crippen LogP contribution >= 0.6 is 11.3 Å². The average Bonchev–Trinajstić information content (AvgIpc) is 2.62. The van der Waals surface area contributed by atoms with E-state index in [9.17, 15) is 0 Å². The Morgan fingerprint density at radius 3 is 2.93 bits per heavy atom. The molecule has 0 aliphatic rings. The first kappa shape index (κ1) is 9.69. The standard InChI is InChI=1S/C12H15NS/c1-9(13-2)7-10-8-14-12-6-4-3-5-11(10)12/h3-6,8-9,13H,7H2,1-2H3/t9-/m0/s1. The zero-order valence-electron chi connectivity index (χ0n) is 8.58. The predicted octanol–water partition coefficient (Wildman–Crippen LogP) is 3.05. The van der Waals surface area contributed by atoms with E-state index in [0.29, 0.717) is 6.04 Å². The monoisotopic (exact) mass is 205 g/mol. The lowest BCUT2D eigenvalue weighted by molar-refractivity contribution is 0.611. The van der Waals surface area contributed by atoms with E-state index >= 15 is 0 Å². The molecule has 0 bridgehead atoms. The molecule has 0 fully saturated rings. The molecule has 14 heavy (non-hydrogen) atoms. The number of hydrogen-bond acceptors (Lipinski definition) is 2. The first-order valence-electron chi connectivity index (χ1n) is 4.93. The molecule has 1 nitrogen and oxygen atoms in total. The Balaban J connectivity index is 2.33. The molecule has 1 aromatic heterocycles. The van der Waals surface area contributed by atoms with Crippen molar-refractivity contribution < 1.29 is 0 Å². The van der Waals surface area contributed by atoms with Crippen molar-refractivity contribution in [1.29, 1.82) is 0 Å². The maximum atomic E-state index is 3.27. The molecule has 0 aliphatic heterocycles. The van der Waals surface area contributed by atoms with Gasteiger partial charge in [0.1, 0.15) is 0 Å². The Labute approximate surface area is 88.8 Å². The van der Waals surface area contributed by atoms with Crippen molar-refractivity contribution in [2.24, 2.45) is 0 Å². The molecule has 0 unspecified atom stereocenters. The van der Waals surface area contributed by atoms with Gasteiger partial charge < -0.3 is 5.32 Å². The summed E-state index contributed by atoms with van der Waals surface area (Å²) in [4.78, 5) is 0. The molecule has 2 aromatic rings. The SMILES string of the molecule is CN[C@@H](C)Cc1csc2ccccc12. The van der Waals surface area contributed by atoms with Gasteiger partial charge in [0.15, 0.2) is 0 Å². The lowest BCUT2D eigenvalue weighted by Gasteiger charge is -2.08. The third-order valence-electron chi connectivity index (χ3n) is 2.58. The van der Waals surface area contributed by atoms with E-state index in [2.05, 4.69) is 41.9 Å². The van der Waals surface area contributed by atoms with Gasteiger partial charge in [-0.05, 0) is 42.8 Å². The van der Waals surface area contributed by atoms with Crippen LogP contribution in [0.1, 0.15) is 12.5 Å². The second-order valence-corrected chi connectivity index (χ2v) is 4.56. The lowest BCUT2D eigenvalue weighted by Crippen LogP contribution is -2.23. The highest BCUT2D eigenvalue weighted by Crippen LogP contribution is 2.26. The van der Waals surface area contributed by atoms with Gasteiger partial charge in [-0.1, -0.05) is 18.2 Å². The molecule has 1 aromatic carbocycles. The van der Waals surface area contributed by atoms with Gasteiger partial charge in [-0.25, -0.2) is 0 Å². The van der Waals surface area contributed by atoms with Gasteiger partial charge in [-0.3, -0.25) is 0 Å². The zero-order chi connectivity index (χ0) is 9.97. The van der Waals surface area contributed by atoms with Gasteiger partial charge >= 0.3 is 0 Å². The highest BCUT2D eigenvalue weighted by molar-refractivity contribution is 7.17. The number of hydrogen-bond donors (Lipinski definition) is 1. The summed E-state index contributed by atoms with van der Waals surface area (Å²) >= 11 is 1.84. The Morgan fingerprint density at radius 1 is 1.36 bits per heavy atom. The van der Waals surface area contributed by atoms with Crippen LogP contribution in [-0.2, 0) is 6.42 Å². The van der Waals surface area contributed by atoms with Gasteiger partial charge in [-0.2, -0.15) is 0 Å². The number of fused-ring (bicyclic) bond motifs is 1. The van der Waals surface area contributed by atoms with Crippen molar-refractivity contribution in [2.75, 3.05) is 7.05 Å². The summed E-state index contributed by atoms with van der Waals surface area (Å²) in [5.41, 5.74) is 1.47. The smallest absolute Gasteiger partial charge is 0.0345 e. The van der Waals surface area contributed by atoms with Crippen molar-refractivity contribution in [1.82, 2.24) is 5.32 Å². The summed E-state index contributed by atoms with van der Waals surface area (Å²) in [5, 5.41) is 6.97. The van der Waals surface area contributed by atoms with E-state index in [0.717, 1.165) is 6.42 Å². The minimum atomic E-state index is 0.549. The van der Waals surface area contributed by atoms with E-state index in [1.165, 1.54) is 15.6 Å². The van der Waals surface area contributed by atoms with E-state index in [1.807, 2.05) is 18.4 Å². The van der Waals surface area contributed by atoms with Gasteiger partial charge in [0, 0.05) is 10.7 Å². The largest absolute Gasteiger partial charge is 0.317 e. The number of nitrogens with one attached hydrogen (secondary N) is 1. The Morgan fingerprint density at radius 2 is 2.14 bits per heavy atom. The summed E-state index contributed by atoms with van der Waals surface area (Å²) in [6.07, 6.45) is 1.11. The summed E-state index contributed by atoms with van der Waals surface area (Å²) in [6, 6.07) is 9.16. The second-order valence-electron chi connectivity index (χ2n) is 3.65.